The van der Waals surface area contributed by atoms with Crippen LogP contribution in [0.25, 0.3) is 0 Å². The van der Waals surface area contributed by atoms with Crippen LogP contribution in [0.1, 0.15) is 36.0 Å². The lowest BCUT2D eigenvalue weighted by molar-refractivity contribution is 0.0937. The van der Waals surface area contributed by atoms with Crippen molar-refractivity contribution < 1.29 is 17.9 Å². The van der Waals surface area contributed by atoms with Gasteiger partial charge in [-0.2, -0.15) is 0 Å². The van der Waals surface area contributed by atoms with Gasteiger partial charge in [-0.25, -0.2) is 13.4 Å². The third kappa shape index (κ3) is 5.19. The highest BCUT2D eigenvalue weighted by molar-refractivity contribution is 7.92. The molecule has 1 saturated carbocycles. The Morgan fingerprint density at radius 3 is 2.38 bits per heavy atom. The molecule has 0 bridgehead atoms. The number of anilines is 1. The van der Waals surface area contributed by atoms with Crippen molar-refractivity contribution in [2.24, 2.45) is 0 Å². The summed E-state index contributed by atoms with van der Waals surface area (Å²) in [6.45, 7) is 0. The molecule has 0 atom stereocenters. The maximum Gasteiger partial charge on any atom is 0.253 e. The Morgan fingerprint density at radius 1 is 1.12 bits per heavy atom. The van der Waals surface area contributed by atoms with Crippen molar-refractivity contribution in [1.82, 2.24) is 10.3 Å². The third-order valence-corrected chi connectivity index (χ3v) is 4.68. The number of sulfonamides is 1. The molecule has 2 N–H and O–H groups in total. The molecule has 1 aliphatic carbocycles. The maximum absolute atomic E-state index is 12.2. The van der Waals surface area contributed by atoms with E-state index in [0.29, 0.717) is 22.9 Å². The molecule has 1 aromatic heterocycles. The van der Waals surface area contributed by atoms with Gasteiger partial charge in [-0.05, 0) is 43.2 Å². The Morgan fingerprint density at radius 2 is 1.81 bits per heavy atom. The summed E-state index contributed by atoms with van der Waals surface area (Å²) < 4.78 is 30.4. The number of nitrogens with one attached hydrogen (secondary N) is 2. The highest BCUT2D eigenvalue weighted by atomic mass is 32.2. The fourth-order valence-corrected chi connectivity index (χ4v) is 3.40. The first-order valence-corrected chi connectivity index (χ1v) is 10.3. The molecule has 138 valence electrons. The average Bonchev–Trinajstić information content (AvgIpc) is 3.09. The molecule has 1 amide bonds. The number of ether oxygens (including phenoxy) is 1. The van der Waals surface area contributed by atoms with Gasteiger partial charge < -0.3 is 10.1 Å². The van der Waals surface area contributed by atoms with E-state index in [1.165, 1.54) is 6.20 Å². The van der Waals surface area contributed by atoms with Gasteiger partial charge in [0, 0.05) is 24.0 Å². The van der Waals surface area contributed by atoms with E-state index in [2.05, 4.69) is 15.0 Å². The Bertz CT molecular complexity index is 858. The molecule has 1 fully saturated rings. The number of hydrogen-bond donors (Lipinski definition) is 2. The van der Waals surface area contributed by atoms with Gasteiger partial charge in [-0.3, -0.25) is 9.52 Å². The molecule has 26 heavy (non-hydrogen) atoms. The van der Waals surface area contributed by atoms with Crippen molar-refractivity contribution in [3.05, 3.63) is 48.2 Å². The van der Waals surface area contributed by atoms with E-state index < -0.39 is 10.0 Å². The minimum atomic E-state index is -3.31. The molecule has 8 heteroatoms. The Labute approximate surface area is 152 Å². The fraction of sp³-hybridized carbons (Fsp3) is 0.333. The molecular weight excluding hydrogens is 354 g/mol. The first-order chi connectivity index (χ1) is 12.4. The number of aromatic nitrogens is 1. The van der Waals surface area contributed by atoms with Crippen molar-refractivity contribution in [2.75, 3.05) is 11.0 Å². The predicted molar refractivity (Wildman–Crippen MR) is 98.9 cm³/mol. The number of nitrogens with zero attached hydrogens (tertiary/aromatic N) is 1. The first kappa shape index (κ1) is 18.2. The number of carbonyl (C=O) groups excluding carboxylic acids is 1. The Kier molecular flexibility index (Phi) is 5.41. The molecule has 2 aromatic rings. The number of hydrogen-bond acceptors (Lipinski definition) is 5. The predicted octanol–water partition coefficient (Wildman–Crippen LogP) is 2.92. The average molecular weight is 375 g/mol. The zero-order valence-corrected chi connectivity index (χ0v) is 15.3. The molecule has 0 saturated heterocycles. The lowest BCUT2D eigenvalue weighted by Crippen LogP contribution is -2.32. The monoisotopic (exact) mass is 375 g/mol. The highest BCUT2D eigenvalue weighted by Crippen LogP contribution is 2.22. The van der Waals surface area contributed by atoms with Crippen LogP contribution in [0.4, 0.5) is 5.69 Å². The van der Waals surface area contributed by atoms with Gasteiger partial charge in [0.05, 0.1) is 11.8 Å². The second kappa shape index (κ2) is 7.74. The van der Waals surface area contributed by atoms with Gasteiger partial charge in [0.1, 0.15) is 5.75 Å². The second-order valence-corrected chi connectivity index (χ2v) is 8.09. The van der Waals surface area contributed by atoms with Crippen LogP contribution in [0.5, 0.6) is 11.6 Å². The van der Waals surface area contributed by atoms with E-state index in [1.807, 2.05) is 0 Å². The van der Waals surface area contributed by atoms with Gasteiger partial charge in [-0.15, -0.1) is 0 Å². The van der Waals surface area contributed by atoms with Crippen molar-refractivity contribution in [2.45, 2.75) is 31.7 Å². The van der Waals surface area contributed by atoms with Crippen molar-refractivity contribution >= 4 is 21.6 Å². The van der Waals surface area contributed by atoms with Crippen LogP contribution in [0.15, 0.2) is 42.6 Å². The molecule has 7 nitrogen and oxygen atoms in total. The summed E-state index contributed by atoms with van der Waals surface area (Å²) in [4.78, 5) is 16.3. The van der Waals surface area contributed by atoms with Crippen molar-refractivity contribution in [3.8, 4) is 11.6 Å². The van der Waals surface area contributed by atoms with Gasteiger partial charge >= 0.3 is 0 Å². The summed E-state index contributed by atoms with van der Waals surface area (Å²) in [6, 6.07) is 10.0. The minimum Gasteiger partial charge on any atom is -0.439 e. The topological polar surface area (TPSA) is 97.4 Å². The molecule has 0 spiro atoms. The quantitative estimate of drug-likeness (QED) is 0.809. The fourth-order valence-electron chi connectivity index (χ4n) is 2.84. The molecule has 0 unspecified atom stereocenters. The van der Waals surface area contributed by atoms with Gasteiger partial charge in [-0.1, -0.05) is 12.8 Å². The lowest BCUT2D eigenvalue weighted by Gasteiger charge is -2.12. The van der Waals surface area contributed by atoms with E-state index in [4.69, 9.17) is 4.74 Å². The molecule has 0 radical (unpaired) electrons. The van der Waals surface area contributed by atoms with E-state index in [9.17, 15) is 13.2 Å². The summed E-state index contributed by atoms with van der Waals surface area (Å²) in [5.74, 6) is 0.748. The molecule has 1 aromatic carbocycles. The number of pyridine rings is 1. The van der Waals surface area contributed by atoms with Gasteiger partial charge in [0.25, 0.3) is 5.91 Å². The summed E-state index contributed by atoms with van der Waals surface area (Å²) in [7, 11) is -3.31. The largest absolute Gasteiger partial charge is 0.439 e. The van der Waals surface area contributed by atoms with Gasteiger partial charge in [0.15, 0.2) is 0 Å². The van der Waals surface area contributed by atoms with Crippen LogP contribution in [-0.2, 0) is 10.0 Å². The number of amides is 1. The van der Waals surface area contributed by atoms with Crippen LogP contribution in [-0.4, -0.2) is 31.6 Å². The first-order valence-electron chi connectivity index (χ1n) is 8.42. The molecule has 1 heterocycles. The minimum absolute atomic E-state index is 0.118. The maximum atomic E-state index is 12.2. The van der Waals surface area contributed by atoms with Gasteiger partial charge in [0.2, 0.25) is 15.9 Å². The van der Waals surface area contributed by atoms with Crippen LogP contribution < -0.4 is 14.8 Å². The smallest absolute Gasteiger partial charge is 0.253 e. The van der Waals surface area contributed by atoms with E-state index in [1.54, 1.807) is 36.4 Å². The van der Waals surface area contributed by atoms with Crippen LogP contribution in [0.3, 0.4) is 0 Å². The zero-order valence-electron chi connectivity index (χ0n) is 14.4. The van der Waals surface area contributed by atoms with Crippen LogP contribution >= 0.6 is 0 Å². The highest BCUT2D eigenvalue weighted by Gasteiger charge is 2.18. The molecule has 3 rings (SSSR count). The summed E-state index contributed by atoms with van der Waals surface area (Å²) >= 11 is 0. The molecule has 1 aliphatic rings. The SMILES string of the molecule is CS(=O)(=O)Nc1ccc(Oc2ccc(C(=O)NC3CCCC3)cn2)cc1. The lowest BCUT2D eigenvalue weighted by atomic mass is 10.2. The standard InChI is InChI=1S/C18H21N3O4S/c1-26(23,24)21-15-7-9-16(10-8-15)25-17-11-6-13(12-19-17)18(22)20-14-4-2-3-5-14/h6-12,14,21H,2-5H2,1H3,(H,20,22). The number of carbonyl (C=O) groups is 1. The molecular formula is C18H21N3O4S. The summed E-state index contributed by atoms with van der Waals surface area (Å²) in [6.07, 6.45) is 6.96. The number of rotatable bonds is 6. The molecule has 0 aliphatic heterocycles. The zero-order chi connectivity index (χ0) is 18.6. The summed E-state index contributed by atoms with van der Waals surface area (Å²) in [5, 5.41) is 3.01. The van der Waals surface area contributed by atoms with E-state index in [0.717, 1.165) is 31.9 Å². The number of benzene rings is 1. The second-order valence-electron chi connectivity index (χ2n) is 6.34. The van der Waals surface area contributed by atoms with Crippen molar-refractivity contribution in [3.63, 3.8) is 0 Å². The van der Waals surface area contributed by atoms with Crippen molar-refractivity contribution in [1.29, 1.82) is 0 Å². The van der Waals surface area contributed by atoms with E-state index in [-0.39, 0.29) is 11.9 Å². The van der Waals surface area contributed by atoms with Crippen LogP contribution in [0, 0.1) is 0 Å². The Hall–Kier alpha value is -2.61. The summed E-state index contributed by atoms with van der Waals surface area (Å²) in [5.41, 5.74) is 0.948. The third-order valence-electron chi connectivity index (χ3n) is 4.07. The Balaban J connectivity index is 1.59. The van der Waals surface area contributed by atoms with E-state index >= 15 is 0 Å². The normalized spacial score (nSPS) is 14.8. The van der Waals surface area contributed by atoms with Crippen LogP contribution in [0.2, 0.25) is 0 Å².